The second kappa shape index (κ2) is 6.03. The largest absolute Gasteiger partial charge is 0.342 e. The number of rotatable bonds is 3. The molecule has 0 aliphatic rings. The van der Waals surface area contributed by atoms with Crippen molar-refractivity contribution in [2.45, 2.75) is 19.8 Å². The Balaban J connectivity index is 2.19. The van der Waals surface area contributed by atoms with Crippen LogP contribution in [0.2, 0.25) is 0 Å². The third-order valence-electron chi connectivity index (χ3n) is 3.22. The van der Waals surface area contributed by atoms with Crippen molar-refractivity contribution in [3.8, 4) is 11.5 Å². The van der Waals surface area contributed by atoms with Crippen molar-refractivity contribution >= 4 is 39.1 Å². The maximum absolute atomic E-state index is 5.27. The van der Waals surface area contributed by atoms with Gasteiger partial charge in [-0.05, 0) is 40.5 Å². The van der Waals surface area contributed by atoms with Gasteiger partial charge in [-0.25, -0.2) is 9.97 Å². The summed E-state index contributed by atoms with van der Waals surface area (Å²) < 4.78 is 1.50. The first-order chi connectivity index (χ1) is 10.2. The SMILES string of the molecule is CCCc1cc(=S)nc(-c2nc3ccccc3cc2Br)[nH]1. The monoisotopic (exact) mass is 359 g/mol. The van der Waals surface area contributed by atoms with E-state index in [4.69, 9.17) is 17.2 Å². The molecule has 0 spiro atoms. The number of fused-ring (bicyclic) bond motifs is 1. The molecular weight excluding hydrogens is 346 g/mol. The van der Waals surface area contributed by atoms with Gasteiger partial charge in [0.15, 0.2) is 5.82 Å². The molecule has 0 aliphatic heterocycles. The van der Waals surface area contributed by atoms with Crippen molar-refractivity contribution in [1.29, 1.82) is 0 Å². The van der Waals surface area contributed by atoms with Crippen LogP contribution in [0.5, 0.6) is 0 Å². The van der Waals surface area contributed by atoms with Crippen molar-refractivity contribution in [1.82, 2.24) is 15.0 Å². The number of halogens is 1. The van der Waals surface area contributed by atoms with Crippen LogP contribution in [0.3, 0.4) is 0 Å². The number of aryl methyl sites for hydroxylation is 1. The molecule has 0 atom stereocenters. The molecule has 0 amide bonds. The molecule has 0 aliphatic carbocycles. The summed E-state index contributed by atoms with van der Waals surface area (Å²) in [7, 11) is 0. The standard InChI is InChI=1S/C16H14BrN3S/c1-2-5-11-9-14(21)20-16(18-11)15-12(17)8-10-6-3-4-7-13(10)19-15/h3-4,6-9H,2,5H2,1H3,(H,18,20,21). The van der Waals surface area contributed by atoms with Gasteiger partial charge in [-0.1, -0.05) is 43.8 Å². The van der Waals surface area contributed by atoms with Crippen LogP contribution in [-0.4, -0.2) is 15.0 Å². The minimum atomic E-state index is 0.592. The number of hydrogen-bond donors (Lipinski definition) is 1. The fraction of sp³-hybridized carbons (Fsp3) is 0.188. The molecule has 3 rings (SSSR count). The molecule has 0 saturated heterocycles. The van der Waals surface area contributed by atoms with Crippen LogP contribution < -0.4 is 0 Å². The number of aromatic nitrogens is 3. The molecule has 0 unspecified atom stereocenters. The number of aromatic amines is 1. The predicted molar refractivity (Wildman–Crippen MR) is 91.9 cm³/mol. The van der Waals surface area contributed by atoms with Gasteiger partial charge >= 0.3 is 0 Å². The number of nitrogens with one attached hydrogen (secondary N) is 1. The normalized spacial score (nSPS) is 11.0. The van der Waals surface area contributed by atoms with Crippen LogP contribution in [0.15, 0.2) is 40.9 Å². The molecule has 3 aromatic rings. The third kappa shape index (κ3) is 3.04. The lowest BCUT2D eigenvalue weighted by molar-refractivity contribution is 0.872. The van der Waals surface area contributed by atoms with E-state index < -0.39 is 0 Å². The summed E-state index contributed by atoms with van der Waals surface area (Å²) in [6.45, 7) is 2.14. The van der Waals surface area contributed by atoms with Gasteiger partial charge in [0.05, 0.1) is 5.52 Å². The minimum absolute atomic E-state index is 0.592. The topological polar surface area (TPSA) is 41.6 Å². The van der Waals surface area contributed by atoms with Gasteiger partial charge in [0.1, 0.15) is 10.3 Å². The Labute approximate surface area is 136 Å². The Morgan fingerprint density at radius 1 is 1.19 bits per heavy atom. The number of benzene rings is 1. The molecule has 21 heavy (non-hydrogen) atoms. The first kappa shape index (κ1) is 14.4. The third-order valence-corrected chi connectivity index (χ3v) is 4.03. The van der Waals surface area contributed by atoms with E-state index in [1.54, 1.807) is 0 Å². The van der Waals surface area contributed by atoms with E-state index in [2.05, 4.69) is 38.9 Å². The number of H-pyrrole nitrogens is 1. The average Bonchev–Trinajstić information content (AvgIpc) is 2.46. The highest BCUT2D eigenvalue weighted by Crippen LogP contribution is 2.27. The number of hydrogen-bond acceptors (Lipinski definition) is 3. The van der Waals surface area contributed by atoms with Crippen molar-refractivity contribution in [2.24, 2.45) is 0 Å². The molecule has 1 N–H and O–H groups in total. The van der Waals surface area contributed by atoms with Crippen molar-refractivity contribution in [3.63, 3.8) is 0 Å². The number of nitrogens with zero attached hydrogens (tertiary/aromatic N) is 2. The zero-order valence-electron chi connectivity index (χ0n) is 11.6. The highest BCUT2D eigenvalue weighted by molar-refractivity contribution is 9.10. The maximum atomic E-state index is 5.27. The summed E-state index contributed by atoms with van der Waals surface area (Å²) in [6.07, 6.45) is 2.01. The summed E-state index contributed by atoms with van der Waals surface area (Å²) in [6, 6.07) is 12.0. The van der Waals surface area contributed by atoms with E-state index in [1.165, 1.54) is 0 Å². The second-order valence-electron chi connectivity index (χ2n) is 4.85. The van der Waals surface area contributed by atoms with E-state index in [0.717, 1.165) is 39.6 Å². The van der Waals surface area contributed by atoms with Crippen LogP contribution in [-0.2, 0) is 6.42 Å². The average molecular weight is 360 g/mol. The molecule has 1 aromatic carbocycles. The van der Waals surface area contributed by atoms with E-state index in [0.29, 0.717) is 10.5 Å². The Hall–Kier alpha value is -1.59. The molecule has 0 radical (unpaired) electrons. The van der Waals surface area contributed by atoms with Crippen LogP contribution >= 0.6 is 28.1 Å². The summed E-state index contributed by atoms with van der Waals surface area (Å²) in [5.74, 6) is 0.712. The first-order valence-corrected chi connectivity index (χ1v) is 8.03. The van der Waals surface area contributed by atoms with Gasteiger partial charge < -0.3 is 4.98 Å². The molecule has 3 nitrogen and oxygen atoms in total. The minimum Gasteiger partial charge on any atom is -0.342 e. The Morgan fingerprint density at radius 3 is 2.81 bits per heavy atom. The van der Waals surface area contributed by atoms with E-state index >= 15 is 0 Å². The van der Waals surface area contributed by atoms with Crippen LogP contribution in [0.1, 0.15) is 19.0 Å². The molecule has 0 bridgehead atoms. The van der Waals surface area contributed by atoms with E-state index in [1.807, 2.05) is 30.3 Å². The quantitative estimate of drug-likeness (QED) is 0.663. The summed E-state index contributed by atoms with van der Waals surface area (Å²) in [5, 5.41) is 1.09. The fourth-order valence-corrected chi connectivity index (χ4v) is 3.04. The van der Waals surface area contributed by atoms with Gasteiger partial charge in [-0.3, -0.25) is 0 Å². The molecule has 0 fully saturated rings. The van der Waals surface area contributed by atoms with Gasteiger partial charge in [-0.15, -0.1) is 0 Å². The van der Waals surface area contributed by atoms with Gasteiger partial charge in [0.2, 0.25) is 0 Å². The first-order valence-electron chi connectivity index (χ1n) is 6.83. The zero-order chi connectivity index (χ0) is 14.8. The smallest absolute Gasteiger partial charge is 0.159 e. The molecular formula is C16H14BrN3S. The van der Waals surface area contributed by atoms with Crippen LogP contribution in [0.25, 0.3) is 22.4 Å². The zero-order valence-corrected chi connectivity index (χ0v) is 14.0. The maximum Gasteiger partial charge on any atom is 0.159 e. The summed E-state index contributed by atoms with van der Waals surface area (Å²) in [4.78, 5) is 12.5. The molecule has 0 saturated carbocycles. The van der Waals surface area contributed by atoms with Crippen molar-refractivity contribution in [2.75, 3.05) is 0 Å². The summed E-state index contributed by atoms with van der Waals surface area (Å²) >= 11 is 8.85. The van der Waals surface area contributed by atoms with Crippen molar-refractivity contribution < 1.29 is 0 Å². The molecule has 2 aromatic heterocycles. The highest BCUT2D eigenvalue weighted by atomic mass is 79.9. The lowest BCUT2D eigenvalue weighted by Crippen LogP contribution is -1.98. The number of pyridine rings is 1. The molecule has 5 heteroatoms. The van der Waals surface area contributed by atoms with Crippen LogP contribution in [0.4, 0.5) is 0 Å². The van der Waals surface area contributed by atoms with Gasteiger partial charge in [0.25, 0.3) is 0 Å². The van der Waals surface area contributed by atoms with Gasteiger partial charge in [-0.2, -0.15) is 0 Å². The van der Waals surface area contributed by atoms with Crippen molar-refractivity contribution in [3.05, 3.63) is 51.2 Å². The Bertz CT molecular complexity index is 858. The van der Waals surface area contributed by atoms with Gasteiger partial charge in [0, 0.05) is 15.6 Å². The molecule has 106 valence electrons. The second-order valence-corrected chi connectivity index (χ2v) is 6.13. The predicted octanol–water partition coefficient (Wildman–Crippen LogP) is 5.07. The highest BCUT2D eigenvalue weighted by Gasteiger charge is 2.10. The Kier molecular flexibility index (Phi) is 4.12. The van der Waals surface area contributed by atoms with E-state index in [-0.39, 0.29) is 0 Å². The Morgan fingerprint density at radius 2 is 2.00 bits per heavy atom. The number of para-hydroxylation sites is 1. The van der Waals surface area contributed by atoms with E-state index in [9.17, 15) is 0 Å². The lowest BCUT2D eigenvalue weighted by atomic mass is 10.2. The summed E-state index contributed by atoms with van der Waals surface area (Å²) in [5.41, 5.74) is 2.82. The lowest BCUT2D eigenvalue weighted by Gasteiger charge is -2.08. The fourth-order valence-electron chi connectivity index (χ4n) is 2.28. The molecule has 2 heterocycles. The van der Waals surface area contributed by atoms with Crippen LogP contribution in [0, 0.1) is 4.64 Å².